The maximum Gasteiger partial charge on any atom is 0.263 e. The lowest BCUT2D eigenvalue weighted by atomic mass is 10.2. The van der Waals surface area contributed by atoms with E-state index in [0.29, 0.717) is 11.5 Å². The smallest absolute Gasteiger partial charge is 0.263 e. The lowest BCUT2D eigenvalue weighted by molar-refractivity contribution is 0.0797. The third-order valence-corrected chi connectivity index (χ3v) is 7.12. The molecule has 0 aliphatic carbocycles. The maximum atomic E-state index is 12.5. The number of amides is 1. The van der Waals surface area contributed by atoms with Gasteiger partial charge in [-0.3, -0.25) is 4.79 Å². The Morgan fingerprint density at radius 2 is 1.85 bits per heavy atom. The number of thiophene rings is 1. The van der Waals surface area contributed by atoms with Crippen LogP contribution in [0.5, 0.6) is 5.75 Å². The molecule has 0 atom stereocenters. The zero-order valence-electron chi connectivity index (χ0n) is 14.6. The molecule has 1 aliphatic rings. The van der Waals surface area contributed by atoms with Crippen LogP contribution >= 0.6 is 11.3 Å². The normalized spacial score (nSPS) is 14.6. The van der Waals surface area contributed by atoms with Crippen LogP contribution in [0, 0.1) is 0 Å². The molecule has 3 rings (SSSR count). The zero-order valence-corrected chi connectivity index (χ0v) is 16.2. The van der Waals surface area contributed by atoms with Crippen molar-refractivity contribution in [2.24, 2.45) is 0 Å². The molecule has 1 aromatic carbocycles. The minimum atomic E-state index is -3.65. The number of sulfonamides is 1. The standard InChI is InChI=1S/C18H22N2O4S2/c1-2-24-15-7-5-14(6-8-15)13-19-26(22,23)17-10-9-16(25-17)18(21)20-11-3-4-12-20/h5-10,19H,2-4,11-13H2,1H3. The van der Waals surface area contributed by atoms with Crippen LogP contribution in [0.1, 0.15) is 35.0 Å². The third-order valence-electron chi connectivity index (χ3n) is 4.15. The van der Waals surface area contributed by atoms with Crippen molar-refractivity contribution < 1.29 is 17.9 Å². The molecular weight excluding hydrogens is 372 g/mol. The molecule has 0 radical (unpaired) electrons. The molecule has 0 saturated carbocycles. The third kappa shape index (κ3) is 4.44. The second-order valence-electron chi connectivity index (χ2n) is 6.02. The highest BCUT2D eigenvalue weighted by Gasteiger charge is 2.24. The number of benzene rings is 1. The average molecular weight is 395 g/mol. The fraction of sp³-hybridized carbons (Fsp3) is 0.389. The molecule has 0 spiro atoms. The van der Waals surface area contributed by atoms with Gasteiger partial charge in [0.05, 0.1) is 11.5 Å². The van der Waals surface area contributed by atoms with Crippen molar-refractivity contribution in [3.05, 3.63) is 46.8 Å². The van der Waals surface area contributed by atoms with Crippen LogP contribution < -0.4 is 9.46 Å². The molecule has 1 fully saturated rings. The van der Waals surface area contributed by atoms with Crippen LogP contribution in [0.4, 0.5) is 0 Å². The molecule has 1 saturated heterocycles. The van der Waals surface area contributed by atoms with Gasteiger partial charge in [0.2, 0.25) is 10.0 Å². The van der Waals surface area contributed by atoms with Gasteiger partial charge in [-0.05, 0) is 49.6 Å². The van der Waals surface area contributed by atoms with E-state index in [4.69, 9.17) is 4.74 Å². The fourth-order valence-corrected chi connectivity index (χ4v) is 5.11. The molecule has 2 heterocycles. The first-order valence-corrected chi connectivity index (χ1v) is 10.9. The first-order valence-electron chi connectivity index (χ1n) is 8.60. The van der Waals surface area contributed by atoms with Crippen LogP contribution in [-0.2, 0) is 16.6 Å². The summed E-state index contributed by atoms with van der Waals surface area (Å²) in [6, 6.07) is 10.4. The molecular formula is C18H22N2O4S2. The highest BCUT2D eigenvalue weighted by molar-refractivity contribution is 7.91. The van der Waals surface area contributed by atoms with Crippen molar-refractivity contribution in [3.8, 4) is 5.75 Å². The topological polar surface area (TPSA) is 75.7 Å². The second kappa shape index (κ2) is 8.20. The molecule has 1 N–H and O–H groups in total. The van der Waals surface area contributed by atoms with E-state index in [9.17, 15) is 13.2 Å². The van der Waals surface area contributed by atoms with Crippen molar-refractivity contribution in [2.45, 2.75) is 30.5 Å². The summed E-state index contributed by atoms with van der Waals surface area (Å²) in [6.45, 7) is 4.17. The molecule has 1 aromatic heterocycles. The quantitative estimate of drug-likeness (QED) is 0.783. The fourth-order valence-electron chi connectivity index (χ4n) is 2.78. The summed E-state index contributed by atoms with van der Waals surface area (Å²) in [5.41, 5.74) is 0.835. The molecule has 140 valence electrons. The summed E-state index contributed by atoms with van der Waals surface area (Å²) in [5.74, 6) is 0.669. The Labute approximate surface area is 157 Å². The van der Waals surface area contributed by atoms with Gasteiger partial charge in [0.1, 0.15) is 9.96 Å². The van der Waals surface area contributed by atoms with Gasteiger partial charge in [0.15, 0.2) is 0 Å². The number of nitrogens with zero attached hydrogens (tertiary/aromatic N) is 1. The van der Waals surface area contributed by atoms with E-state index in [1.165, 1.54) is 6.07 Å². The van der Waals surface area contributed by atoms with Crippen molar-refractivity contribution in [1.82, 2.24) is 9.62 Å². The molecule has 1 amide bonds. The minimum absolute atomic E-state index is 0.0829. The van der Waals surface area contributed by atoms with Gasteiger partial charge in [-0.25, -0.2) is 13.1 Å². The number of ether oxygens (including phenoxy) is 1. The van der Waals surface area contributed by atoms with E-state index >= 15 is 0 Å². The Hall–Kier alpha value is -1.90. The zero-order chi connectivity index (χ0) is 18.6. The molecule has 8 heteroatoms. The minimum Gasteiger partial charge on any atom is -0.494 e. The number of likely N-dealkylation sites (tertiary alicyclic amines) is 1. The molecule has 2 aromatic rings. The monoisotopic (exact) mass is 394 g/mol. The Balaban J connectivity index is 1.63. The van der Waals surface area contributed by atoms with Crippen LogP contribution in [0.3, 0.4) is 0 Å². The first-order chi connectivity index (χ1) is 12.5. The van der Waals surface area contributed by atoms with Crippen molar-refractivity contribution in [3.63, 3.8) is 0 Å². The van der Waals surface area contributed by atoms with E-state index in [1.807, 2.05) is 31.2 Å². The summed E-state index contributed by atoms with van der Waals surface area (Å²) in [6.07, 6.45) is 2.01. The van der Waals surface area contributed by atoms with Crippen molar-refractivity contribution in [1.29, 1.82) is 0 Å². The van der Waals surface area contributed by atoms with Gasteiger partial charge in [-0.1, -0.05) is 12.1 Å². The SMILES string of the molecule is CCOc1ccc(CNS(=O)(=O)c2ccc(C(=O)N3CCCC3)s2)cc1. The van der Waals surface area contributed by atoms with E-state index in [-0.39, 0.29) is 16.7 Å². The van der Waals surface area contributed by atoms with Gasteiger partial charge in [-0.2, -0.15) is 0 Å². The number of carbonyl (C=O) groups excluding carboxylic acids is 1. The predicted molar refractivity (Wildman–Crippen MR) is 101 cm³/mol. The Kier molecular flexibility index (Phi) is 5.95. The van der Waals surface area contributed by atoms with Crippen LogP contribution in [0.2, 0.25) is 0 Å². The molecule has 0 unspecified atom stereocenters. The predicted octanol–water partition coefficient (Wildman–Crippen LogP) is 2.86. The highest BCUT2D eigenvalue weighted by atomic mass is 32.2. The largest absolute Gasteiger partial charge is 0.494 e. The number of hydrogen-bond acceptors (Lipinski definition) is 5. The maximum absolute atomic E-state index is 12.5. The van der Waals surface area contributed by atoms with Gasteiger partial charge in [0, 0.05) is 19.6 Å². The van der Waals surface area contributed by atoms with Crippen LogP contribution in [-0.4, -0.2) is 38.9 Å². The molecule has 26 heavy (non-hydrogen) atoms. The first kappa shape index (κ1) is 18.9. The Bertz CT molecular complexity index is 854. The highest BCUT2D eigenvalue weighted by Crippen LogP contribution is 2.24. The average Bonchev–Trinajstić information content (AvgIpc) is 3.33. The van der Waals surface area contributed by atoms with Crippen molar-refractivity contribution >= 4 is 27.3 Å². The van der Waals surface area contributed by atoms with Gasteiger partial charge >= 0.3 is 0 Å². The summed E-state index contributed by atoms with van der Waals surface area (Å²) in [4.78, 5) is 14.6. The van der Waals surface area contributed by atoms with Crippen LogP contribution in [0.25, 0.3) is 0 Å². The number of hydrogen-bond donors (Lipinski definition) is 1. The van der Waals surface area contributed by atoms with Gasteiger partial charge < -0.3 is 9.64 Å². The number of nitrogens with one attached hydrogen (secondary N) is 1. The summed E-state index contributed by atoms with van der Waals surface area (Å²) >= 11 is 1.02. The van der Waals surface area contributed by atoms with E-state index < -0.39 is 10.0 Å². The lowest BCUT2D eigenvalue weighted by Gasteiger charge is -2.13. The van der Waals surface area contributed by atoms with Crippen molar-refractivity contribution in [2.75, 3.05) is 19.7 Å². The Morgan fingerprint density at radius 1 is 1.15 bits per heavy atom. The number of carbonyl (C=O) groups is 1. The van der Waals surface area contributed by atoms with E-state index in [0.717, 1.165) is 48.6 Å². The summed E-state index contributed by atoms with van der Waals surface area (Å²) < 4.78 is 33.1. The van der Waals surface area contributed by atoms with Crippen LogP contribution in [0.15, 0.2) is 40.6 Å². The van der Waals surface area contributed by atoms with Gasteiger partial charge in [0.25, 0.3) is 5.91 Å². The molecule has 6 nitrogen and oxygen atoms in total. The van der Waals surface area contributed by atoms with Gasteiger partial charge in [-0.15, -0.1) is 11.3 Å². The lowest BCUT2D eigenvalue weighted by Crippen LogP contribution is -2.26. The summed E-state index contributed by atoms with van der Waals surface area (Å²) in [7, 11) is -3.65. The molecule has 1 aliphatic heterocycles. The second-order valence-corrected chi connectivity index (χ2v) is 9.10. The number of rotatable bonds is 7. The van der Waals surface area contributed by atoms with E-state index in [1.54, 1.807) is 11.0 Å². The summed E-state index contributed by atoms with van der Waals surface area (Å²) in [5, 5.41) is 0. The molecule has 0 bridgehead atoms. The Morgan fingerprint density at radius 3 is 2.50 bits per heavy atom. The van der Waals surface area contributed by atoms with E-state index in [2.05, 4.69) is 4.72 Å².